The van der Waals surface area contributed by atoms with Gasteiger partial charge in [-0.15, -0.1) is 0 Å². The molecule has 0 heterocycles. The Morgan fingerprint density at radius 3 is 1.55 bits per heavy atom. The first-order valence-corrected chi connectivity index (χ1v) is 4.83. The standard InChI is InChI=1S/C10H22N/c1-5-9(3)7-11-8-10(4)6-2/h9-10H,5-8H2,1-4H3. The van der Waals surface area contributed by atoms with Crippen molar-refractivity contribution in [2.24, 2.45) is 11.8 Å². The maximum atomic E-state index is 4.51. The van der Waals surface area contributed by atoms with Crippen molar-refractivity contribution in [2.75, 3.05) is 13.1 Å². The Kier molecular flexibility index (Phi) is 6.63. The van der Waals surface area contributed by atoms with Crippen LogP contribution in [-0.4, -0.2) is 13.1 Å². The predicted molar refractivity (Wildman–Crippen MR) is 50.8 cm³/mol. The lowest BCUT2D eigenvalue weighted by molar-refractivity contribution is 0.438. The van der Waals surface area contributed by atoms with Crippen LogP contribution in [0, 0.1) is 11.8 Å². The molecule has 0 aliphatic carbocycles. The highest BCUT2D eigenvalue weighted by Gasteiger charge is 2.01. The summed E-state index contributed by atoms with van der Waals surface area (Å²) in [4.78, 5) is 0. The van der Waals surface area contributed by atoms with E-state index < -0.39 is 0 Å². The zero-order valence-electron chi connectivity index (χ0n) is 8.43. The van der Waals surface area contributed by atoms with E-state index in [0.717, 1.165) is 24.9 Å². The molecular formula is C10H22N. The van der Waals surface area contributed by atoms with E-state index in [9.17, 15) is 0 Å². The third kappa shape index (κ3) is 6.36. The van der Waals surface area contributed by atoms with Gasteiger partial charge in [-0.05, 0) is 11.8 Å². The Labute approximate surface area is 71.6 Å². The molecule has 0 aromatic rings. The molecule has 0 amide bonds. The van der Waals surface area contributed by atoms with E-state index in [1.165, 1.54) is 12.8 Å². The smallest absolute Gasteiger partial charge is 0.0159 e. The SMILES string of the molecule is CCC(C)C[N]CC(C)CC. The number of hydrogen-bond donors (Lipinski definition) is 0. The third-order valence-corrected chi connectivity index (χ3v) is 2.28. The predicted octanol–water partition coefficient (Wildman–Crippen LogP) is 2.68. The van der Waals surface area contributed by atoms with Gasteiger partial charge in [0, 0.05) is 13.1 Å². The van der Waals surface area contributed by atoms with Gasteiger partial charge in [0.15, 0.2) is 0 Å². The highest BCUT2D eigenvalue weighted by atomic mass is 14.9. The summed E-state index contributed by atoms with van der Waals surface area (Å²) < 4.78 is 0. The molecule has 67 valence electrons. The molecule has 0 spiro atoms. The Balaban J connectivity index is 3.13. The van der Waals surface area contributed by atoms with Gasteiger partial charge in [0.25, 0.3) is 0 Å². The molecule has 0 aromatic carbocycles. The Morgan fingerprint density at radius 1 is 0.909 bits per heavy atom. The largest absolute Gasteiger partial charge is 0.241 e. The lowest BCUT2D eigenvalue weighted by Gasteiger charge is -2.11. The monoisotopic (exact) mass is 156 g/mol. The van der Waals surface area contributed by atoms with Crippen LogP contribution in [0.25, 0.3) is 0 Å². The minimum atomic E-state index is 0.777. The average molecular weight is 156 g/mol. The summed E-state index contributed by atoms with van der Waals surface area (Å²) in [6.07, 6.45) is 2.51. The van der Waals surface area contributed by atoms with E-state index in [2.05, 4.69) is 33.0 Å². The first-order valence-electron chi connectivity index (χ1n) is 4.83. The molecule has 0 rings (SSSR count). The molecule has 2 unspecified atom stereocenters. The molecule has 0 aliphatic heterocycles. The van der Waals surface area contributed by atoms with Gasteiger partial charge in [0.2, 0.25) is 0 Å². The second kappa shape index (κ2) is 6.66. The van der Waals surface area contributed by atoms with Crippen molar-refractivity contribution in [3.63, 3.8) is 0 Å². The average Bonchev–Trinajstić information content (AvgIpc) is 2.04. The van der Waals surface area contributed by atoms with E-state index in [1.807, 2.05) is 0 Å². The lowest BCUT2D eigenvalue weighted by Crippen LogP contribution is -2.19. The molecule has 0 bridgehead atoms. The third-order valence-electron chi connectivity index (χ3n) is 2.28. The molecule has 1 nitrogen and oxygen atoms in total. The molecule has 1 radical (unpaired) electrons. The summed E-state index contributed by atoms with van der Waals surface area (Å²) in [7, 11) is 0. The fourth-order valence-electron chi connectivity index (χ4n) is 0.774. The first kappa shape index (κ1) is 11.0. The van der Waals surface area contributed by atoms with Crippen LogP contribution in [0.4, 0.5) is 0 Å². The summed E-state index contributed by atoms with van der Waals surface area (Å²) in [5, 5.41) is 4.51. The van der Waals surface area contributed by atoms with Gasteiger partial charge in [0.1, 0.15) is 0 Å². The van der Waals surface area contributed by atoms with Crippen LogP contribution in [0.15, 0.2) is 0 Å². The van der Waals surface area contributed by atoms with Gasteiger partial charge in [-0.2, -0.15) is 0 Å². The minimum Gasteiger partial charge on any atom is -0.241 e. The van der Waals surface area contributed by atoms with E-state index in [-0.39, 0.29) is 0 Å². The zero-order chi connectivity index (χ0) is 8.69. The Morgan fingerprint density at radius 2 is 1.27 bits per heavy atom. The molecule has 1 heteroatoms. The molecule has 0 N–H and O–H groups in total. The van der Waals surface area contributed by atoms with Crippen molar-refractivity contribution in [2.45, 2.75) is 40.5 Å². The van der Waals surface area contributed by atoms with Crippen LogP contribution >= 0.6 is 0 Å². The molecule has 0 aliphatic rings. The minimum absolute atomic E-state index is 0.777. The summed E-state index contributed by atoms with van der Waals surface area (Å²) in [6.45, 7) is 11.1. The summed E-state index contributed by atoms with van der Waals surface area (Å²) >= 11 is 0. The highest BCUT2D eigenvalue weighted by Crippen LogP contribution is 2.01. The quantitative estimate of drug-likeness (QED) is 0.561. The Bertz CT molecular complexity index is 70.9. The van der Waals surface area contributed by atoms with Crippen LogP contribution in [0.1, 0.15) is 40.5 Å². The van der Waals surface area contributed by atoms with E-state index >= 15 is 0 Å². The molecule has 11 heavy (non-hydrogen) atoms. The van der Waals surface area contributed by atoms with Crippen LogP contribution in [0.5, 0.6) is 0 Å². The fraction of sp³-hybridized carbons (Fsp3) is 1.00. The Hall–Kier alpha value is -0.0400. The van der Waals surface area contributed by atoms with Gasteiger partial charge in [-0.25, -0.2) is 5.32 Å². The lowest BCUT2D eigenvalue weighted by atomic mass is 10.1. The van der Waals surface area contributed by atoms with Crippen LogP contribution in [0.2, 0.25) is 0 Å². The zero-order valence-corrected chi connectivity index (χ0v) is 8.43. The van der Waals surface area contributed by atoms with Crippen molar-refractivity contribution in [3.8, 4) is 0 Å². The molecule has 0 saturated carbocycles. The molecule has 0 saturated heterocycles. The van der Waals surface area contributed by atoms with Gasteiger partial charge in [-0.3, -0.25) is 0 Å². The highest BCUT2D eigenvalue weighted by molar-refractivity contribution is 4.57. The normalized spacial score (nSPS) is 16.4. The van der Waals surface area contributed by atoms with Gasteiger partial charge in [-0.1, -0.05) is 40.5 Å². The maximum Gasteiger partial charge on any atom is 0.0159 e. The van der Waals surface area contributed by atoms with Crippen molar-refractivity contribution in [1.82, 2.24) is 5.32 Å². The van der Waals surface area contributed by atoms with E-state index in [4.69, 9.17) is 0 Å². The summed E-state index contributed by atoms with van der Waals surface area (Å²) in [5.41, 5.74) is 0. The number of hydrogen-bond acceptors (Lipinski definition) is 0. The van der Waals surface area contributed by atoms with Crippen molar-refractivity contribution < 1.29 is 0 Å². The topological polar surface area (TPSA) is 14.1 Å². The second-order valence-electron chi connectivity index (χ2n) is 3.62. The van der Waals surface area contributed by atoms with Gasteiger partial charge < -0.3 is 0 Å². The van der Waals surface area contributed by atoms with Crippen molar-refractivity contribution in [3.05, 3.63) is 0 Å². The molecule has 0 aromatic heterocycles. The fourth-order valence-corrected chi connectivity index (χ4v) is 0.774. The van der Waals surface area contributed by atoms with Crippen molar-refractivity contribution in [1.29, 1.82) is 0 Å². The molecule has 2 atom stereocenters. The molecular weight excluding hydrogens is 134 g/mol. The molecule has 0 fully saturated rings. The van der Waals surface area contributed by atoms with Gasteiger partial charge >= 0.3 is 0 Å². The number of rotatable bonds is 6. The van der Waals surface area contributed by atoms with Crippen LogP contribution < -0.4 is 5.32 Å². The summed E-state index contributed by atoms with van der Waals surface area (Å²) in [5.74, 6) is 1.55. The van der Waals surface area contributed by atoms with E-state index in [0.29, 0.717) is 0 Å². The van der Waals surface area contributed by atoms with Crippen LogP contribution in [0.3, 0.4) is 0 Å². The second-order valence-corrected chi connectivity index (χ2v) is 3.62. The first-order chi connectivity index (χ1) is 5.20. The van der Waals surface area contributed by atoms with E-state index in [1.54, 1.807) is 0 Å². The summed E-state index contributed by atoms with van der Waals surface area (Å²) in [6, 6.07) is 0. The van der Waals surface area contributed by atoms with Crippen molar-refractivity contribution >= 4 is 0 Å². The van der Waals surface area contributed by atoms with Gasteiger partial charge in [0.05, 0.1) is 0 Å². The number of nitrogens with zero attached hydrogens (tertiary/aromatic N) is 1. The maximum absolute atomic E-state index is 4.51. The van der Waals surface area contributed by atoms with Crippen LogP contribution in [-0.2, 0) is 0 Å².